The van der Waals surface area contributed by atoms with Crippen LogP contribution in [0.15, 0.2) is 30.5 Å². The van der Waals surface area contributed by atoms with Crippen LogP contribution in [-0.4, -0.2) is 71.3 Å². The van der Waals surface area contributed by atoms with E-state index >= 15 is 0 Å². The van der Waals surface area contributed by atoms with E-state index in [0.717, 1.165) is 41.2 Å². The van der Waals surface area contributed by atoms with Crippen LogP contribution in [0, 0.1) is 16.7 Å². The van der Waals surface area contributed by atoms with Crippen LogP contribution < -0.4 is 15.1 Å². The molecule has 2 fully saturated rings. The van der Waals surface area contributed by atoms with Crippen LogP contribution in [0.3, 0.4) is 0 Å². The van der Waals surface area contributed by atoms with Crippen LogP contribution >= 0.6 is 11.6 Å². The number of halogens is 1. The topological polar surface area (TPSA) is 92.1 Å². The number of ether oxygens (including phenoxy) is 2. The summed E-state index contributed by atoms with van der Waals surface area (Å²) < 4.78 is 12.6. The van der Waals surface area contributed by atoms with Gasteiger partial charge in [0.15, 0.2) is 0 Å². The van der Waals surface area contributed by atoms with Crippen LogP contribution in [0.5, 0.6) is 0 Å². The molecule has 1 saturated heterocycles. The predicted molar refractivity (Wildman–Crippen MR) is 146 cm³/mol. The Labute approximate surface area is 226 Å². The summed E-state index contributed by atoms with van der Waals surface area (Å²) in [5, 5.41) is 17.4. The molecule has 1 saturated carbocycles. The summed E-state index contributed by atoms with van der Waals surface area (Å²) >= 11 is 6.21. The third-order valence-corrected chi connectivity index (χ3v) is 10.8. The second-order valence-electron chi connectivity index (χ2n) is 10.0. The molecule has 1 aliphatic heterocycles. The van der Waals surface area contributed by atoms with Crippen LogP contribution in [0.1, 0.15) is 45.4 Å². The summed E-state index contributed by atoms with van der Waals surface area (Å²) in [4.78, 5) is 9.52. The zero-order valence-electron chi connectivity index (χ0n) is 21.2. The number of nitrogens with one attached hydrogen (secondary N) is 2. The Morgan fingerprint density at radius 1 is 1.28 bits per heavy atom. The molecule has 0 spiro atoms. The van der Waals surface area contributed by atoms with E-state index in [-0.39, 0.29) is 15.8 Å². The Balaban J connectivity index is 1.37. The van der Waals surface area contributed by atoms with Crippen molar-refractivity contribution in [3.05, 3.63) is 35.5 Å². The first-order chi connectivity index (χ1) is 17.5. The molecule has 9 heteroatoms. The van der Waals surface area contributed by atoms with Gasteiger partial charge in [-0.3, -0.25) is 0 Å². The molecule has 1 aliphatic carbocycles. The molecule has 2 aromatic rings. The Hall–Kier alpha value is -1.68. The normalized spacial score (nSPS) is 22.8. The standard InChI is InChI=1S/C27H37AsClN5O2/c1-19(16-35-2)33-21-8-6-20(7-9-21)28-25-14-22(23(29)15-31-25)24-4-3-5-26(34-24)32-18-27(17-30)10-12-36-13-11-27/h3-5,14-15,19-21,28,33H,6-13,16,18H2,1-2H3,(H,32,34)/t19-,20-,21+/m1/s1. The van der Waals surface area contributed by atoms with Crippen molar-refractivity contribution < 1.29 is 9.47 Å². The van der Waals surface area contributed by atoms with Crippen molar-refractivity contribution in [1.82, 2.24) is 15.3 Å². The molecule has 2 atom stereocenters. The van der Waals surface area contributed by atoms with E-state index in [1.165, 1.54) is 30.2 Å². The van der Waals surface area contributed by atoms with Crippen LogP contribution in [-0.2, 0) is 9.47 Å². The number of nitrogens with zero attached hydrogens (tertiary/aromatic N) is 3. The fourth-order valence-corrected chi connectivity index (χ4v) is 8.21. The number of hydrogen-bond acceptors (Lipinski definition) is 7. The van der Waals surface area contributed by atoms with E-state index in [2.05, 4.69) is 29.7 Å². The van der Waals surface area contributed by atoms with E-state index in [9.17, 15) is 5.26 Å². The minimum atomic E-state index is -0.404. The van der Waals surface area contributed by atoms with Crippen molar-refractivity contribution in [3.63, 3.8) is 0 Å². The molecule has 1 unspecified atom stereocenters. The van der Waals surface area contributed by atoms with Crippen LogP contribution in [0.2, 0.25) is 9.73 Å². The summed E-state index contributed by atoms with van der Waals surface area (Å²) in [7, 11) is 1.76. The molecule has 3 heterocycles. The van der Waals surface area contributed by atoms with Gasteiger partial charge in [0.05, 0.1) is 0 Å². The molecular weight excluding hydrogens is 537 g/mol. The SMILES string of the molecule is COC[C@@H](C)N[C@H]1CC[C@@H]([AsH]c2cc(-c3cccc(NCC4(C#N)CCOCC4)n3)c(Cl)cn2)CC1. The molecule has 36 heavy (non-hydrogen) atoms. The molecule has 0 radical (unpaired) electrons. The van der Waals surface area contributed by atoms with E-state index in [4.69, 9.17) is 31.0 Å². The average molecular weight is 574 g/mol. The third kappa shape index (κ3) is 7.43. The molecule has 2 N–H and O–H groups in total. The van der Waals surface area contributed by atoms with Gasteiger partial charge in [0, 0.05) is 0 Å². The first-order valence-corrected chi connectivity index (χ1v) is 15.5. The number of rotatable bonds is 10. The Kier molecular flexibility index (Phi) is 10.0. The van der Waals surface area contributed by atoms with Gasteiger partial charge >= 0.3 is 227 Å². The number of anilines is 1. The monoisotopic (exact) mass is 573 g/mol. The second kappa shape index (κ2) is 13.2. The van der Waals surface area contributed by atoms with E-state index in [1.807, 2.05) is 18.2 Å². The Morgan fingerprint density at radius 3 is 2.78 bits per heavy atom. The molecule has 0 bridgehead atoms. The molecule has 2 aromatic heterocycles. The quantitative estimate of drug-likeness (QED) is 0.416. The van der Waals surface area contributed by atoms with Crippen LogP contribution in [0.25, 0.3) is 11.3 Å². The van der Waals surface area contributed by atoms with Gasteiger partial charge < -0.3 is 0 Å². The van der Waals surface area contributed by atoms with Gasteiger partial charge in [0.1, 0.15) is 0 Å². The first kappa shape index (κ1) is 27.4. The molecule has 194 valence electrons. The Morgan fingerprint density at radius 2 is 2.06 bits per heavy atom. The van der Waals surface area contributed by atoms with Gasteiger partial charge in [0.25, 0.3) is 0 Å². The van der Waals surface area contributed by atoms with Gasteiger partial charge in [-0.1, -0.05) is 0 Å². The van der Waals surface area contributed by atoms with Gasteiger partial charge in [0.2, 0.25) is 0 Å². The van der Waals surface area contributed by atoms with Crippen molar-refractivity contribution >= 4 is 37.7 Å². The summed E-state index contributed by atoms with van der Waals surface area (Å²) in [5.41, 5.74) is 1.36. The molecule has 0 amide bonds. The van der Waals surface area contributed by atoms with Gasteiger partial charge in [-0.05, 0) is 0 Å². The van der Waals surface area contributed by atoms with Gasteiger partial charge in [-0.25, -0.2) is 0 Å². The average Bonchev–Trinajstić information content (AvgIpc) is 2.90. The van der Waals surface area contributed by atoms with Crippen LogP contribution in [0.4, 0.5) is 5.82 Å². The fraction of sp³-hybridized carbons (Fsp3) is 0.593. The predicted octanol–water partition coefficient (Wildman–Crippen LogP) is 3.95. The molecule has 2 aliphatic rings. The van der Waals surface area contributed by atoms with Crippen molar-refractivity contribution in [2.75, 3.05) is 38.8 Å². The van der Waals surface area contributed by atoms with Crippen molar-refractivity contribution in [1.29, 1.82) is 5.26 Å². The first-order valence-electron chi connectivity index (χ1n) is 12.9. The summed E-state index contributed by atoms with van der Waals surface area (Å²) in [5.74, 6) is 0.757. The number of pyridine rings is 2. The maximum atomic E-state index is 9.73. The summed E-state index contributed by atoms with van der Waals surface area (Å²) in [6, 6.07) is 11.6. The molecular formula is C27H37AsClN5O2. The summed E-state index contributed by atoms with van der Waals surface area (Å²) in [6.07, 6.45) is 8.20. The fourth-order valence-electron chi connectivity index (χ4n) is 5.06. The zero-order valence-corrected chi connectivity index (χ0v) is 24.1. The minimum absolute atomic E-state index is 0.369. The van der Waals surface area contributed by atoms with Crippen molar-refractivity contribution in [2.45, 2.75) is 62.2 Å². The van der Waals surface area contributed by atoms with E-state index in [1.54, 1.807) is 13.3 Å². The van der Waals surface area contributed by atoms with Crippen molar-refractivity contribution in [3.8, 4) is 17.3 Å². The number of methoxy groups -OCH3 is 1. The third-order valence-electron chi connectivity index (χ3n) is 7.19. The van der Waals surface area contributed by atoms with Gasteiger partial charge in [-0.2, -0.15) is 0 Å². The summed E-state index contributed by atoms with van der Waals surface area (Å²) in [6.45, 7) is 4.77. The number of hydrogen-bond donors (Lipinski definition) is 2. The zero-order chi connectivity index (χ0) is 25.4. The Bertz CT molecular complexity index is 1040. The molecule has 4 rings (SSSR count). The van der Waals surface area contributed by atoms with E-state index in [0.29, 0.717) is 36.9 Å². The maximum absolute atomic E-state index is 9.73. The second-order valence-corrected chi connectivity index (χ2v) is 13.8. The molecule has 0 aromatic carbocycles. The number of aromatic nitrogens is 2. The number of nitriles is 1. The van der Waals surface area contributed by atoms with Gasteiger partial charge in [-0.15, -0.1) is 0 Å². The van der Waals surface area contributed by atoms with Crippen molar-refractivity contribution in [2.24, 2.45) is 5.41 Å². The van der Waals surface area contributed by atoms with E-state index < -0.39 is 5.41 Å². The molecule has 7 nitrogen and oxygen atoms in total.